The first kappa shape index (κ1) is 34.0. The van der Waals surface area contributed by atoms with Crippen LogP contribution in [0.2, 0.25) is 5.02 Å². The lowest BCUT2D eigenvalue weighted by Crippen LogP contribution is -2.51. The Morgan fingerprint density at radius 2 is 1.79 bits per heavy atom. The zero-order valence-electron chi connectivity index (χ0n) is 29.5. The smallest absolute Gasteiger partial charge is 0.319 e. The number of hydrogen-bond acceptors (Lipinski definition) is 7. The topological polar surface area (TPSA) is 73.8 Å². The van der Waals surface area contributed by atoms with E-state index in [1.165, 1.54) is 0 Å². The van der Waals surface area contributed by atoms with Gasteiger partial charge >= 0.3 is 6.01 Å². The maximum Gasteiger partial charge on any atom is 0.319 e. The van der Waals surface area contributed by atoms with Crippen LogP contribution in [0.5, 0.6) is 11.8 Å². The van der Waals surface area contributed by atoms with Crippen LogP contribution in [-0.2, 0) is 0 Å². The van der Waals surface area contributed by atoms with Gasteiger partial charge in [0, 0.05) is 65.3 Å². The number of ether oxygens (including phenoxy) is 1. The zero-order valence-corrected chi connectivity index (χ0v) is 30.3. The number of halogens is 4. The fourth-order valence-electron chi connectivity index (χ4n) is 9.26. The predicted molar refractivity (Wildman–Crippen MR) is 198 cm³/mol. The lowest BCUT2D eigenvalue weighted by atomic mass is 9.86. The van der Waals surface area contributed by atoms with Crippen molar-refractivity contribution in [3.63, 3.8) is 0 Å². The number of alkyl halides is 2. The second-order valence-corrected chi connectivity index (χ2v) is 16.9. The van der Waals surface area contributed by atoms with Gasteiger partial charge in [0.1, 0.15) is 17.1 Å². The third-order valence-electron chi connectivity index (χ3n) is 12.6. The summed E-state index contributed by atoms with van der Waals surface area (Å²) in [5.41, 5.74) is 1.16. The van der Waals surface area contributed by atoms with Crippen molar-refractivity contribution in [2.45, 2.75) is 82.7 Å². The molecule has 1 spiro atoms. The zero-order chi connectivity index (χ0) is 36.2. The number of terminal acetylenes is 1. The van der Waals surface area contributed by atoms with Crippen molar-refractivity contribution in [3.05, 3.63) is 52.3 Å². The molecule has 5 fully saturated rings. The van der Waals surface area contributed by atoms with E-state index in [0.29, 0.717) is 88.3 Å². The van der Waals surface area contributed by atoms with Gasteiger partial charge in [0.2, 0.25) is 0 Å². The molecule has 4 heterocycles. The van der Waals surface area contributed by atoms with Crippen molar-refractivity contribution in [1.29, 1.82) is 0 Å². The molecule has 1 aromatic heterocycles. The predicted octanol–water partition coefficient (Wildman–Crippen LogP) is 8.27. The number of likely N-dealkylation sites (tertiary alicyclic amines) is 1. The lowest BCUT2D eigenvalue weighted by Gasteiger charge is -2.35. The maximum atomic E-state index is 17.6. The number of anilines is 1. The monoisotopic (exact) mass is 729 g/mol. The van der Waals surface area contributed by atoms with E-state index in [-0.39, 0.29) is 35.0 Å². The minimum Gasteiger partial charge on any atom is -0.508 e. The molecule has 2 unspecified atom stereocenters. The average Bonchev–Trinajstić information content (AvgIpc) is 3.96. The molecule has 7 nitrogen and oxygen atoms in total. The molecule has 4 aromatic rings. The van der Waals surface area contributed by atoms with E-state index < -0.39 is 17.2 Å². The molecule has 3 aliphatic heterocycles. The van der Waals surface area contributed by atoms with Crippen molar-refractivity contribution in [3.8, 4) is 35.2 Å². The summed E-state index contributed by atoms with van der Waals surface area (Å²) in [6, 6.07) is 9.36. The molecule has 11 heteroatoms. The summed E-state index contributed by atoms with van der Waals surface area (Å²) in [7, 11) is 0. The van der Waals surface area contributed by atoms with E-state index in [1.54, 1.807) is 24.3 Å². The molecule has 3 saturated heterocycles. The molecule has 0 radical (unpaired) electrons. The van der Waals surface area contributed by atoms with Gasteiger partial charge in [-0.1, -0.05) is 37.4 Å². The summed E-state index contributed by atoms with van der Waals surface area (Å²) >= 11 is 6.58. The van der Waals surface area contributed by atoms with Crippen LogP contribution < -0.4 is 15.0 Å². The Hall–Kier alpha value is -3.78. The first-order valence-corrected chi connectivity index (χ1v) is 19.0. The Morgan fingerprint density at radius 1 is 1.08 bits per heavy atom. The van der Waals surface area contributed by atoms with Gasteiger partial charge in [0.25, 0.3) is 5.92 Å². The van der Waals surface area contributed by atoms with Crippen LogP contribution >= 0.6 is 11.6 Å². The Labute approximate surface area is 306 Å². The molecule has 2 N–H and O–H groups in total. The lowest BCUT2D eigenvalue weighted by molar-refractivity contribution is 0.0252. The number of fused-ring (bicyclic) bond motifs is 4. The summed E-state index contributed by atoms with van der Waals surface area (Å²) in [5.74, 6) is 0.172. The summed E-state index contributed by atoms with van der Waals surface area (Å²) in [6.07, 6.45) is 11.1. The second-order valence-electron chi connectivity index (χ2n) is 16.5. The van der Waals surface area contributed by atoms with Gasteiger partial charge in [-0.3, -0.25) is 0 Å². The van der Waals surface area contributed by atoms with Crippen LogP contribution in [0, 0.1) is 29.0 Å². The summed E-state index contributed by atoms with van der Waals surface area (Å²) < 4.78 is 52.0. The van der Waals surface area contributed by atoms with Gasteiger partial charge in [0.15, 0.2) is 5.82 Å². The SMILES string of the molecule is C#Cc1c(Cl)ccc2cc(O)cc(-c3c(C(C)C)cc4c(N5CC6CCC(C5)N6)nc(OCC5(CN6CCC7(CC6)CC7(F)F)CC5)nc4c3F)c12. The Kier molecular flexibility index (Phi) is 7.93. The van der Waals surface area contributed by atoms with E-state index in [2.05, 4.69) is 21.0 Å². The number of phenols is 1. The number of rotatable bonds is 8. The van der Waals surface area contributed by atoms with Crippen molar-refractivity contribution >= 4 is 39.1 Å². The molecule has 5 aliphatic rings. The quantitative estimate of drug-likeness (QED) is 0.177. The van der Waals surface area contributed by atoms with Crippen LogP contribution in [0.4, 0.5) is 19.0 Å². The van der Waals surface area contributed by atoms with Crippen molar-refractivity contribution < 1.29 is 23.0 Å². The van der Waals surface area contributed by atoms with Gasteiger partial charge in [-0.15, -0.1) is 6.42 Å². The van der Waals surface area contributed by atoms with Crippen LogP contribution in [0.3, 0.4) is 0 Å². The molecule has 2 aliphatic carbocycles. The summed E-state index contributed by atoms with van der Waals surface area (Å²) in [5, 5.41) is 16.8. The molecule has 9 rings (SSSR count). The van der Waals surface area contributed by atoms with E-state index in [0.717, 1.165) is 50.9 Å². The highest BCUT2D eigenvalue weighted by atomic mass is 35.5. The highest BCUT2D eigenvalue weighted by molar-refractivity contribution is 6.33. The molecular formula is C41H43ClF3N5O2. The van der Waals surface area contributed by atoms with E-state index in [4.69, 9.17) is 32.7 Å². The van der Waals surface area contributed by atoms with Crippen LogP contribution in [0.15, 0.2) is 30.3 Å². The van der Waals surface area contributed by atoms with Gasteiger partial charge in [0.05, 0.1) is 17.2 Å². The molecule has 2 saturated carbocycles. The fraction of sp³-hybridized carbons (Fsp3) is 0.512. The third kappa shape index (κ3) is 5.66. The Bertz CT molecular complexity index is 2140. The largest absolute Gasteiger partial charge is 0.508 e. The van der Waals surface area contributed by atoms with Crippen molar-refractivity contribution in [2.75, 3.05) is 44.2 Å². The Balaban J connectivity index is 1.12. The first-order chi connectivity index (χ1) is 24.9. The summed E-state index contributed by atoms with van der Waals surface area (Å²) in [4.78, 5) is 14.3. The van der Waals surface area contributed by atoms with Crippen LogP contribution in [0.25, 0.3) is 32.8 Å². The highest BCUT2D eigenvalue weighted by Crippen LogP contribution is 2.66. The molecule has 2 atom stereocenters. The minimum absolute atomic E-state index is 0.0184. The van der Waals surface area contributed by atoms with Gasteiger partial charge < -0.3 is 25.0 Å². The van der Waals surface area contributed by atoms with Gasteiger partial charge in [-0.25, -0.2) is 13.2 Å². The van der Waals surface area contributed by atoms with Crippen LogP contribution in [-0.4, -0.2) is 77.3 Å². The van der Waals surface area contributed by atoms with Gasteiger partial charge in [-0.2, -0.15) is 9.97 Å². The summed E-state index contributed by atoms with van der Waals surface area (Å²) in [6.45, 7) is 7.98. The second kappa shape index (κ2) is 12.1. The molecule has 0 amide bonds. The molecule has 2 bridgehead atoms. The number of phenolic OH excluding ortho intramolecular Hbond substituents is 1. The van der Waals surface area contributed by atoms with E-state index in [9.17, 15) is 13.9 Å². The number of nitrogens with one attached hydrogen (secondary N) is 1. The molecule has 52 heavy (non-hydrogen) atoms. The van der Waals surface area contributed by atoms with Crippen LogP contribution in [0.1, 0.15) is 75.8 Å². The van der Waals surface area contributed by atoms with Crippen molar-refractivity contribution in [2.24, 2.45) is 10.8 Å². The van der Waals surface area contributed by atoms with E-state index in [1.807, 2.05) is 19.9 Å². The highest BCUT2D eigenvalue weighted by Gasteiger charge is 2.70. The fourth-order valence-corrected chi connectivity index (χ4v) is 9.47. The minimum atomic E-state index is -2.51. The number of piperidine rings is 1. The molecule has 272 valence electrons. The number of hydrogen-bond donors (Lipinski definition) is 2. The molecule has 3 aromatic carbocycles. The number of piperazine rings is 1. The number of benzene rings is 3. The number of aromatic hydroxyl groups is 1. The normalized spacial score (nSPS) is 24.2. The molecular weight excluding hydrogens is 687 g/mol. The standard InChI is InChI=1S/C41H43ClF3N5O2/c1-4-28-32(42)8-5-24-15-27(51)16-30(33(24)28)34-29(23(2)3)17-31-36(35(34)43)47-38(48-37(31)50-18-25-6-7-26(19-50)46-25)52-22-39(9-10-39)21-49-13-11-40(12-14-49)20-41(40,44)45/h1,5,8,15-17,23,25-26,46,51H,6-7,9-14,18-22H2,2-3H3. The number of nitrogens with zero attached hydrogens (tertiary/aromatic N) is 4. The maximum absolute atomic E-state index is 17.6. The first-order valence-electron chi connectivity index (χ1n) is 18.6. The average molecular weight is 730 g/mol. The van der Waals surface area contributed by atoms with Gasteiger partial charge in [-0.05, 0) is 98.3 Å². The van der Waals surface area contributed by atoms with E-state index >= 15 is 4.39 Å². The Morgan fingerprint density at radius 3 is 2.42 bits per heavy atom. The van der Waals surface area contributed by atoms with Crippen molar-refractivity contribution in [1.82, 2.24) is 20.2 Å². The number of aromatic nitrogens is 2. The third-order valence-corrected chi connectivity index (χ3v) is 12.9.